The minimum absolute atomic E-state index is 0.313. The van der Waals surface area contributed by atoms with Gasteiger partial charge in [0, 0.05) is 12.4 Å². The molecule has 3 aromatic carbocycles. The maximum Gasteiger partial charge on any atom is 0.127 e. The van der Waals surface area contributed by atoms with Gasteiger partial charge in [-0.05, 0) is 18.1 Å². The van der Waals surface area contributed by atoms with Crippen molar-refractivity contribution < 1.29 is 0 Å². The summed E-state index contributed by atoms with van der Waals surface area (Å²) in [6.07, 6.45) is 5.87. The maximum atomic E-state index is 4.37. The van der Waals surface area contributed by atoms with Gasteiger partial charge in [-0.15, -0.1) is 0 Å². The Bertz CT molecular complexity index is 924. The van der Waals surface area contributed by atoms with Crippen molar-refractivity contribution >= 4 is 14.7 Å². The van der Waals surface area contributed by atoms with E-state index >= 15 is 0 Å². The van der Waals surface area contributed by atoms with E-state index in [4.69, 9.17) is 0 Å². The quantitative estimate of drug-likeness (QED) is 0.497. The van der Waals surface area contributed by atoms with Crippen LogP contribution in [0.2, 0.25) is 0 Å². The first-order chi connectivity index (χ1) is 12.8. The van der Waals surface area contributed by atoms with E-state index < -0.39 is 0 Å². The highest BCUT2D eigenvalue weighted by Crippen LogP contribution is 2.33. The summed E-state index contributed by atoms with van der Waals surface area (Å²) in [4.78, 5) is 4.37. The van der Waals surface area contributed by atoms with Crippen molar-refractivity contribution in [2.24, 2.45) is 0 Å². The molecule has 126 valence electrons. The molecule has 1 heterocycles. The second-order valence-corrected chi connectivity index (χ2v) is 7.96. The zero-order valence-corrected chi connectivity index (χ0v) is 15.7. The van der Waals surface area contributed by atoms with Gasteiger partial charge in [-0.3, -0.25) is 0 Å². The predicted molar refractivity (Wildman–Crippen MR) is 108 cm³/mol. The van der Waals surface area contributed by atoms with Crippen molar-refractivity contribution in [1.29, 1.82) is 0 Å². The summed E-state index contributed by atoms with van der Waals surface area (Å²) in [6.45, 7) is 2.15. The van der Waals surface area contributed by atoms with Gasteiger partial charge in [0.1, 0.15) is 9.52 Å². The molecule has 0 amide bonds. The summed E-state index contributed by atoms with van der Waals surface area (Å²) in [5.41, 5.74) is 3.82. The summed E-state index contributed by atoms with van der Waals surface area (Å²) in [7, 11) is 0.535. The molecule has 0 fully saturated rings. The molecule has 0 atom stereocenters. The Morgan fingerprint density at radius 1 is 0.808 bits per heavy atom. The van der Waals surface area contributed by atoms with Crippen LogP contribution < -0.4 is 5.19 Å². The minimum atomic E-state index is -0.313. The Balaban J connectivity index is 1.98. The molecule has 0 N–H and O–H groups in total. The van der Waals surface area contributed by atoms with Crippen molar-refractivity contribution in [3.63, 3.8) is 0 Å². The van der Waals surface area contributed by atoms with Gasteiger partial charge in [-0.25, -0.2) is 4.98 Å². The Hall–Kier alpha value is -2.91. The lowest BCUT2D eigenvalue weighted by atomic mass is 9.97. The molecule has 1 aromatic heterocycles. The van der Waals surface area contributed by atoms with E-state index in [1.165, 1.54) is 21.9 Å². The predicted octanol–water partition coefficient (Wildman–Crippen LogP) is 3.97. The van der Waals surface area contributed by atoms with Gasteiger partial charge in [-0.2, -0.15) is 0 Å². The lowest BCUT2D eigenvalue weighted by Crippen LogP contribution is -2.46. The number of aromatic nitrogens is 2. The van der Waals surface area contributed by atoms with Crippen LogP contribution in [0.15, 0.2) is 104 Å². The summed E-state index contributed by atoms with van der Waals surface area (Å²) in [5.74, 6) is 0. The van der Waals surface area contributed by atoms with Crippen molar-refractivity contribution in [2.75, 3.05) is 0 Å². The Morgan fingerprint density at radius 2 is 1.46 bits per heavy atom. The van der Waals surface area contributed by atoms with Gasteiger partial charge in [-0.1, -0.05) is 95.7 Å². The third-order valence-corrected chi connectivity index (χ3v) is 6.42. The molecule has 3 heteroatoms. The highest BCUT2D eigenvalue weighted by atomic mass is 28.2. The number of rotatable bonds is 5. The Morgan fingerprint density at radius 3 is 2.00 bits per heavy atom. The van der Waals surface area contributed by atoms with Crippen molar-refractivity contribution in [3.8, 4) is 0 Å². The molecule has 0 aliphatic rings. The van der Waals surface area contributed by atoms with E-state index in [1.807, 2.05) is 12.5 Å². The summed E-state index contributed by atoms with van der Waals surface area (Å²) in [5, 5.41) is 1.03. The van der Waals surface area contributed by atoms with Crippen LogP contribution in [0.4, 0.5) is 0 Å². The lowest BCUT2D eigenvalue weighted by molar-refractivity contribution is 0.596. The molecule has 0 unspecified atom stereocenters. The molecular weight excluding hydrogens is 332 g/mol. The number of benzene rings is 3. The second-order valence-electron chi connectivity index (χ2n) is 6.41. The zero-order chi connectivity index (χ0) is 17.8. The highest BCUT2D eigenvalue weighted by molar-refractivity contribution is 6.57. The first kappa shape index (κ1) is 16.5. The van der Waals surface area contributed by atoms with Gasteiger partial charge >= 0.3 is 0 Å². The van der Waals surface area contributed by atoms with Gasteiger partial charge < -0.3 is 4.57 Å². The third-order valence-electron chi connectivity index (χ3n) is 4.62. The van der Waals surface area contributed by atoms with E-state index in [0.29, 0.717) is 9.52 Å². The fourth-order valence-corrected chi connectivity index (χ4v) is 5.20. The van der Waals surface area contributed by atoms with Gasteiger partial charge in [0.15, 0.2) is 0 Å². The first-order valence-electron chi connectivity index (χ1n) is 8.73. The summed E-state index contributed by atoms with van der Waals surface area (Å²) < 4.78 is 2.25. The molecule has 4 rings (SSSR count). The number of imidazole rings is 1. The van der Waals surface area contributed by atoms with Gasteiger partial charge in [0.05, 0.1) is 11.5 Å². The average Bonchev–Trinajstić information content (AvgIpc) is 3.23. The third kappa shape index (κ3) is 3.02. The molecule has 0 aliphatic carbocycles. The van der Waals surface area contributed by atoms with Crippen LogP contribution in [-0.2, 0) is 5.16 Å². The monoisotopic (exact) mass is 352 g/mol. The largest absolute Gasteiger partial charge is 0.326 e. The highest BCUT2D eigenvalue weighted by Gasteiger charge is 2.37. The number of nitrogens with zero attached hydrogens (tertiary/aromatic N) is 2. The number of hydrogen-bond acceptors (Lipinski definition) is 1. The van der Waals surface area contributed by atoms with Crippen molar-refractivity contribution in [1.82, 2.24) is 9.55 Å². The van der Waals surface area contributed by atoms with Crippen LogP contribution in [0, 0.1) is 6.92 Å². The molecule has 4 aromatic rings. The van der Waals surface area contributed by atoms with Gasteiger partial charge in [0.2, 0.25) is 0 Å². The molecule has 0 bridgehead atoms. The Labute approximate surface area is 157 Å². The van der Waals surface area contributed by atoms with Crippen LogP contribution in [0.25, 0.3) is 0 Å². The topological polar surface area (TPSA) is 17.8 Å². The van der Waals surface area contributed by atoms with E-state index in [9.17, 15) is 0 Å². The van der Waals surface area contributed by atoms with Crippen LogP contribution in [0.1, 0.15) is 16.7 Å². The van der Waals surface area contributed by atoms with Crippen LogP contribution >= 0.6 is 0 Å². The smallest absolute Gasteiger partial charge is 0.127 e. The fourth-order valence-electron chi connectivity index (χ4n) is 3.42. The van der Waals surface area contributed by atoms with E-state index in [2.05, 4.69) is 108 Å². The summed E-state index contributed by atoms with van der Waals surface area (Å²) >= 11 is 0. The summed E-state index contributed by atoms with van der Waals surface area (Å²) in [6, 6.07) is 30.3. The van der Waals surface area contributed by atoms with E-state index in [0.717, 1.165) is 0 Å². The molecule has 0 saturated carbocycles. The minimum Gasteiger partial charge on any atom is -0.326 e. The molecule has 26 heavy (non-hydrogen) atoms. The standard InChI is InChI=1S/C23H20N2Si/c1-19-9-8-14-22(17-19)26-23(25-16-15-24-18-25,20-10-4-2-5-11-20)21-12-6-3-7-13-21/h2-18H,1H3. The van der Waals surface area contributed by atoms with Gasteiger partial charge in [0.25, 0.3) is 0 Å². The average molecular weight is 353 g/mol. The van der Waals surface area contributed by atoms with Crippen molar-refractivity contribution in [3.05, 3.63) is 120 Å². The Kier molecular flexibility index (Phi) is 4.55. The van der Waals surface area contributed by atoms with Crippen LogP contribution in [0.5, 0.6) is 0 Å². The van der Waals surface area contributed by atoms with E-state index in [-0.39, 0.29) is 5.16 Å². The first-order valence-corrected chi connectivity index (χ1v) is 9.73. The van der Waals surface area contributed by atoms with Crippen LogP contribution in [-0.4, -0.2) is 19.1 Å². The number of hydrogen-bond donors (Lipinski definition) is 0. The molecule has 0 spiro atoms. The SMILES string of the molecule is Cc1cccc([Si]C(c2ccccc2)(c2ccccc2)n2ccnc2)c1. The lowest BCUT2D eigenvalue weighted by Gasteiger charge is -2.36. The van der Waals surface area contributed by atoms with Crippen molar-refractivity contribution in [2.45, 2.75) is 12.1 Å². The normalized spacial score (nSPS) is 11.4. The zero-order valence-electron chi connectivity index (χ0n) is 14.7. The maximum absolute atomic E-state index is 4.37. The van der Waals surface area contributed by atoms with Crippen LogP contribution in [0.3, 0.4) is 0 Å². The molecular formula is C23H20N2Si. The number of aryl methyl sites for hydroxylation is 1. The molecule has 0 saturated heterocycles. The molecule has 2 radical (unpaired) electrons. The fraction of sp³-hybridized carbons (Fsp3) is 0.0870. The van der Waals surface area contributed by atoms with E-state index in [1.54, 1.807) is 0 Å². The molecule has 0 aliphatic heterocycles. The second kappa shape index (κ2) is 7.14. The molecule has 2 nitrogen and oxygen atoms in total.